The third-order valence-electron chi connectivity index (χ3n) is 2.57. The molecule has 1 N–H and O–H groups in total. The molecule has 0 aromatic carbocycles. The number of aromatic nitrogens is 2. The Labute approximate surface area is 103 Å². The molecule has 0 aliphatic rings. The normalized spacial score (nSPS) is 13.0. The van der Waals surface area contributed by atoms with E-state index in [2.05, 4.69) is 9.97 Å². The van der Waals surface area contributed by atoms with Gasteiger partial charge in [0.25, 0.3) is 0 Å². The van der Waals surface area contributed by atoms with E-state index in [1.54, 1.807) is 12.4 Å². The summed E-state index contributed by atoms with van der Waals surface area (Å²) in [6.07, 6.45) is 3.43. The van der Waals surface area contributed by atoms with Gasteiger partial charge >= 0.3 is 0 Å². The van der Waals surface area contributed by atoms with Gasteiger partial charge in [-0.2, -0.15) is 0 Å². The van der Waals surface area contributed by atoms with Crippen molar-refractivity contribution in [2.24, 2.45) is 5.41 Å². The van der Waals surface area contributed by atoms with Crippen molar-refractivity contribution >= 4 is 22.7 Å². The summed E-state index contributed by atoms with van der Waals surface area (Å²) in [6, 6.07) is 0. The summed E-state index contributed by atoms with van der Waals surface area (Å²) >= 11 is 2.92. The average Bonchev–Trinajstić information content (AvgIpc) is 2.88. The topological polar surface area (TPSA) is 46.0 Å². The van der Waals surface area contributed by atoms with E-state index in [0.717, 1.165) is 0 Å². The molecule has 5 heteroatoms. The van der Waals surface area contributed by atoms with Crippen LogP contribution < -0.4 is 0 Å². The van der Waals surface area contributed by atoms with Crippen molar-refractivity contribution in [2.45, 2.75) is 26.4 Å². The first kappa shape index (κ1) is 11.7. The van der Waals surface area contributed by atoms with Crippen molar-refractivity contribution in [1.29, 1.82) is 0 Å². The number of thiazole rings is 2. The van der Waals surface area contributed by atoms with Crippen LogP contribution in [0.15, 0.2) is 23.2 Å². The van der Waals surface area contributed by atoms with Crippen molar-refractivity contribution in [2.75, 3.05) is 0 Å². The van der Waals surface area contributed by atoms with Crippen LogP contribution in [0.5, 0.6) is 0 Å². The molecule has 2 rings (SSSR count). The van der Waals surface area contributed by atoms with Crippen LogP contribution in [0.1, 0.15) is 30.8 Å². The first-order chi connectivity index (χ1) is 7.46. The van der Waals surface area contributed by atoms with Crippen LogP contribution in [0.2, 0.25) is 0 Å². The minimum Gasteiger partial charge on any atom is -0.375 e. The van der Waals surface area contributed by atoms with Crippen LogP contribution in [0.4, 0.5) is 0 Å². The number of hydrogen-bond donors (Lipinski definition) is 1. The zero-order valence-corrected chi connectivity index (χ0v) is 11.1. The fourth-order valence-corrected chi connectivity index (χ4v) is 3.49. The molecule has 86 valence electrons. The highest BCUT2D eigenvalue weighted by Crippen LogP contribution is 2.45. The number of aliphatic hydroxyl groups is 1. The maximum absolute atomic E-state index is 11.0. The monoisotopic (exact) mass is 254 g/mol. The molecule has 0 aliphatic carbocycles. The Bertz CT molecular complexity index is 409. The summed E-state index contributed by atoms with van der Waals surface area (Å²) in [5.74, 6) is 0. The lowest BCUT2D eigenvalue weighted by molar-refractivity contribution is -0.0262. The molecular weight excluding hydrogens is 240 g/mol. The molecule has 0 saturated carbocycles. The van der Waals surface area contributed by atoms with Gasteiger partial charge in [-0.25, -0.2) is 9.97 Å². The van der Waals surface area contributed by atoms with Crippen LogP contribution in [0.3, 0.4) is 0 Å². The van der Waals surface area contributed by atoms with Gasteiger partial charge in [0.05, 0.1) is 0 Å². The zero-order chi connectivity index (χ0) is 11.8. The summed E-state index contributed by atoms with van der Waals surface area (Å²) in [7, 11) is 0. The molecule has 0 spiro atoms. The van der Waals surface area contributed by atoms with Crippen molar-refractivity contribution in [1.82, 2.24) is 9.97 Å². The van der Waals surface area contributed by atoms with Crippen LogP contribution >= 0.6 is 22.7 Å². The SMILES string of the molecule is CC(C)(C)C(O)(c1nccs1)c1nccs1. The van der Waals surface area contributed by atoms with E-state index in [0.29, 0.717) is 10.0 Å². The van der Waals surface area contributed by atoms with E-state index in [9.17, 15) is 5.11 Å². The molecule has 16 heavy (non-hydrogen) atoms. The van der Waals surface area contributed by atoms with Crippen molar-refractivity contribution in [3.8, 4) is 0 Å². The van der Waals surface area contributed by atoms with Crippen LogP contribution in [0, 0.1) is 5.41 Å². The Morgan fingerprint density at radius 2 is 1.44 bits per heavy atom. The lowest BCUT2D eigenvalue weighted by Gasteiger charge is -2.36. The fraction of sp³-hybridized carbons (Fsp3) is 0.455. The Morgan fingerprint density at radius 1 is 1.00 bits per heavy atom. The predicted octanol–water partition coefficient (Wildman–Crippen LogP) is 2.88. The third kappa shape index (κ3) is 1.69. The summed E-state index contributed by atoms with van der Waals surface area (Å²) in [4.78, 5) is 8.49. The van der Waals surface area contributed by atoms with E-state index in [-0.39, 0.29) is 5.41 Å². The van der Waals surface area contributed by atoms with Gasteiger partial charge in [0.2, 0.25) is 0 Å². The molecule has 0 bridgehead atoms. The second kappa shape index (κ2) is 3.91. The summed E-state index contributed by atoms with van der Waals surface area (Å²) in [5, 5.41) is 16.1. The fourth-order valence-electron chi connectivity index (χ4n) is 1.54. The molecule has 2 aromatic rings. The third-order valence-corrected chi connectivity index (χ3v) is 4.33. The van der Waals surface area contributed by atoms with Crippen LogP contribution in [-0.2, 0) is 5.60 Å². The Kier molecular flexibility index (Phi) is 2.86. The van der Waals surface area contributed by atoms with Gasteiger partial charge in [0, 0.05) is 28.6 Å². The van der Waals surface area contributed by atoms with E-state index < -0.39 is 5.60 Å². The lowest BCUT2D eigenvalue weighted by atomic mass is 9.77. The lowest BCUT2D eigenvalue weighted by Crippen LogP contribution is -2.41. The molecule has 0 saturated heterocycles. The predicted molar refractivity (Wildman–Crippen MR) is 66.7 cm³/mol. The summed E-state index contributed by atoms with van der Waals surface area (Å²) in [5.41, 5.74) is -1.45. The first-order valence-corrected chi connectivity index (χ1v) is 6.74. The second-order valence-electron chi connectivity index (χ2n) is 4.63. The Morgan fingerprint density at radius 3 is 1.69 bits per heavy atom. The van der Waals surface area contributed by atoms with Gasteiger partial charge in [-0.3, -0.25) is 0 Å². The highest BCUT2D eigenvalue weighted by molar-refractivity contribution is 7.11. The molecular formula is C11H14N2OS2. The molecule has 0 atom stereocenters. The molecule has 0 aliphatic heterocycles. The molecule has 0 radical (unpaired) electrons. The Hall–Kier alpha value is -0.780. The molecule has 0 fully saturated rings. The largest absolute Gasteiger partial charge is 0.375 e. The first-order valence-electron chi connectivity index (χ1n) is 4.98. The highest BCUT2D eigenvalue weighted by Gasteiger charge is 2.47. The maximum Gasteiger partial charge on any atom is 0.172 e. The highest BCUT2D eigenvalue weighted by atomic mass is 32.1. The number of hydrogen-bond acceptors (Lipinski definition) is 5. The summed E-state index contributed by atoms with van der Waals surface area (Å²) in [6.45, 7) is 5.99. The second-order valence-corrected chi connectivity index (χ2v) is 6.42. The minimum atomic E-state index is -1.10. The van der Waals surface area contributed by atoms with Gasteiger partial charge in [0.15, 0.2) is 5.60 Å². The van der Waals surface area contributed by atoms with E-state index in [1.165, 1.54) is 22.7 Å². The van der Waals surface area contributed by atoms with E-state index >= 15 is 0 Å². The number of rotatable bonds is 2. The van der Waals surface area contributed by atoms with Gasteiger partial charge in [0.1, 0.15) is 10.0 Å². The van der Waals surface area contributed by atoms with Gasteiger partial charge in [-0.1, -0.05) is 20.8 Å². The van der Waals surface area contributed by atoms with E-state index in [1.807, 2.05) is 31.5 Å². The minimum absolute atomic E-state index is 0.345. The van der Waals surface area contributed by atoms with Gasteiger partial charge in [-0.15, -0.1) is 22.7 Å². The molecule has 0 unspecified atom stereocenters. The van der Waals surface area contributed by atoms with Gasteiger partial charge < -0.3 is 5.11 Å². The summed E-state index contributed by atoms with van der Waals surface area (Å²) < 4.78 is 0. The standard InChI is InChI=1S/C11H14N2OS2/c1-10(2,3)11(14,8-12-4-6-15-8)9-13-5-7-16-9/h4-7,14H,1-3H3. The average molecular weight is 254 g/mol. The van der Waals surface area contributed by atoms with Crippen molar-refractivity contribution in [3.05, 3.63) is 33.2 Å². The van der Waals surface area contributed by atoms with Crippen molar-refractivity contribution < 1.29 is 5.11 Å². The molecule has 2 heterocycles. The van der Waals surface area contributed by atoms with Crippen LogP contribution in [0.25, 0.3) is 0 Å². The quantitative estimate of drug-likeness (QED) is 0.896. The zero-order valence-electron chi connectivity index (χ0n) is 9.47. The van der Waals surface area contributed by atoms with E-state index in [4.69, 9.17) is 0 Å². The van der Waals surface area contributed by atoms with Crippen molar-refractivity contribution in [3.63, 3.8) is 0 Å². The number of nitrogens with zero attached hydrogens (tertiary/aromatic N) is 2. The molecule has 2 aromatic heterocycles. The molecule has 3 nitrogen and oxygen atoms in total. The van der Waals surface area contributed by atoms with Crippen LogP contribution in [-0.4, -0.2) is 15.1 Å². The molecule has 0 amide bonds. The Balaban J connectivity index is 2.59. The van der Waals surface area contributed by atoms with Gasteiger partial charge in [-0.05, 0) is 0 Å². The smallest absolute Gasteiger partial charge is 0.172 e. The maximum atomic E-state index is 11.0.